The third-order valence-corrected chi connectivity index (χ3v) is 8.79. The second kappa shape index (κ2) is 8.91. The summed E-state index contributed by atoms with van der Waals surface area (Å²) < 4.78 is 4.67. The van der Waals surface area contributed by atoms with E-state index in [2.05, 4.69) is 6.58 Å². The number of aliphatic hydroxyl groups excluding tert-OH is 1. The van der Waals surface area contributed by atoms with Crippen LogP contribution in [0, 0.1) is 11.8 Å². The lowest BCUT2D eigenvalue weighted by Crippen LogP contribution is -2.58. The van der Waals surface area contributed by atoms with Gasteiger partial charge in [-0.1, -0.05) is 13.0 Å². The molecular weight excluding hydrogens is 404 g/mol. The first kappa shape index (κ1) is 23.1. The van der Waals surface area contributed by atoms with Crippen molar-refractivity contribution >= 4 is 29.5 Å². The smallest absolute Gasteiger partial charge is 0.310 e. The lowest BCUT2D eigenvalue weighted by Gasteiger charge is -2.40. The highest BCUT2D eigenvalue weighted by Gasteiger charge is 2.74. The highest BCUT2D eigenvalue weighted by atomic mass is 32.2. The molecule has 0 aromatic rings. The standard InChI is InChI=1S/C22H34N2O5S/c1-6-11-23(13(4)5)20(27)18-22-10-9-15(30-22)16(21(28)29-8-3)17(22)19(26)24(18)14(7-2)12-25/h6,13-18,25H,1,7-12H2,2-5H3/t14-,15+,16-,17-,18?,22?/m0/s1. The van der Waals surface area contributed by atoms with E-state index in [4.69, 9.17) is 4.74 Å². The molecule has 2 bridgehead atoms. The Morgan fingerprint density at radius 2 is 2.13 bits per heavy atom. The molecule has 8 heteroatoms. The normalized spacial score (nSPS) is 33.0. The molecule has 3 rings (SSSR count). The van der Waals surface area contributed by atoms with E-state index < -0.39 is 28.7 Å². The van der Waals surface area contributed by atoms with Crippen LogP contribution in [0.25, 0.3) is 0 Å². The Labute approximate surface area is 183 Å². The second-order valence-corrected chi connectivity index (χ2v) is 10.3. The number of fused-ring (bicyclic) bond motifs is 1. The van der Waals surface area contributed by atoms with Gasteiger partial charge in [0.2, 0.25) is 11.8 Å². The van der Waals surface area contributed by atoms with Crippen LogP contribution in [0.2, 0.25) is 0 Å². The number of likely N-dealkylation sites (tertiary alicyclic amines) is 1. The largest absolute Gasteiger partial charge is 0.466 e. The molecule has 7 nitrogen and oxygen atoms in total. The van der Waals surface area contributed by atoms with Crippen LogP contribution in [-0.2, 0) is 19.1 Å². The molecule has 3 fully saturated rings. The van der Waals surface area contributed by atoms with Crippen LogP contribution >= 0.6 is 11.8 Å². The molecule has 30 heavy (non-hydrogen) atoms. The zero-order chi connectivity index (χ0) is 22.2. The van der Waals surface area contributed by atoms with E-state index in [0.29, 0.717) is 19.4 Å². The summed E-state index contributed by atoms with van der Waals surface area (Å²) in [5, 5.41) is 10.0. The summed E-state index contributed by atoms with van der Waals surface area (Å²) in [7, 11) is 0. The Morgan fingerprint density at radius 1 is 1.43 bits per heavy atom. The Balaban J connectivity index is 2.08. The minimum atomic E-state index is -0.691. The van der Waals surface area contributed by atoms with E-state index in [1.807, 2.05) is 20.8 Å². The average molecular weight is 439 g/mol. The molecule has 0 aromatic carbocycles. The van der Waals surface area contributed by atoms with E-state index in [0.717, 1.165) is 6.42 Å². The minimum absolute atomic E-state index is 0.00319. The first-order valence-corrected chi connectivity index (χ1v) is 11.9. The maximum absolute atomic E-state index is 13.9. The molecule has 3 aliphatic heterocycles. The number of amides is 2. The quantitative estimate of drug-likeness (QED) is 0.437. The fourth-order valence-corrected chi connectivity index (χ4v) is 7.72. The number of rotatable bonds is 9. The number of hydrogen-bond acceptors (Lipinski definition) is 6. The average Bonchev–Trinajstić information content (AvgIpc) is 3.34. The summed E-state index contributed by atoms with van der Waals surface area (Å²) in [5.74, 6) is -1.76. The second-order valence-electron chi connectivity index (χ2n) is 8.67. The molecule has 168 valence electrons. The lowest BCUT2D eigenvalue weighted by atomic mass is 9.71. The molecule has 0 aromatic heterocycles. The van der Waals surface area contributed by atoms with E-state index in [9.17, 15) is 19.5 Å². The van der Waals surface area contributed by atoms with Gasteiger partial charge in [-0.25, -0.2) is 0 Å². The molecule has 3 aliphatic rings. The summed E-state index contributed by atoms with van der Waals surface area (Å²) in [6.45, 7) is 11.8. The molecule has 1 spiro atoms. The summed E-state index contributed by atoms with van der Waals surface area (Å²) in [5.41, 5.74) is 0. The van der Waals surface area contributed by atoms with Gasteiger partial charge < -0.3 is 19.6 Å². The predicted molar refractivity (Wildman–Crippen MR) is 116 cm³/mol. The predicted octanol–water partition coefficient (Wildman–Crippen LogP) is 1.83. The van der Waals surface area contributed by atoms with Crippen molar-refractivity contribution in [1.29, 1.82) is 0 Å². The van der Waals surface area contributed by atoms with Gasteiger partial charge in [0.1, 0.15) is 6.04 Å². The number of nitrogens with zero attached hydrogens (tertiary/aromatic N) is 2. The summed E-state index contributed by atoms with van der Waals surface area (Å²) in [6, 6.07) is -1.20. The van der Waals surface area contributed by atoms with Crippen molar-refractivity contribution in [1.82, 2.24) is 9.80 Å². The molecule has 0 saturated carbocycles. The summed E-state index contributed by atoms with van der Waals surface area (Å²) in [6.07, 6.45) is 3.73. The van der Waals surface area contributed by atoms with Gasteiger partial charge >= 0.3 is 5.97 Å². The molecule has 0 aliphatic carbocycles. The SMILES string of the molecule is C=CCN(C(=O)C1N([C@@H](CC)CO)C(=O)[C@@H]2[C@@H](C(=O)OCC)[C@H]3CCC12S3)C(C)C. The van der Waals surface area contributed by atoms with E-state index in [1.54, 1.807) is 34.6 Å². The van der Waals surface area contributed by atoms with Crippen LogP contribution in [0.3, 0.4) is 0 Å². The third kappa shape index (κ3) is 3.36. The van der Waals surface area contributed by atoms with Gasteiger partial charge in [0.05, 0.1) is 35.8 Å². The summed E-state index contributed by atoms with van der Waals surface area (Å²) >= 11 is 1.62. The number of carbonyl (C=O) groups is 3. The van der Waals surface area contributed by atoms with E-state index in [1.165, 1.54) is 0 Å². The van der Waals surface area contributed by atoms with Crippen molar-refractivity contribution in [3.05, 3.63) is 12.7 Å². The van der Waals surface area contributed by atoms with Gasteiger partial charge in [-0.3, -0.25) is 14.4 Å². The van der Waals surface area contributed by atoms with Crippen molar-refractivity contribution in [2.24, 2.45) is 11.8 Å². The van der Waals surface area contributed by atoms with Crippen molar-refractivity contribution in [2.45, 2.75) is 75.1 Å². The molecule has 3 heterocycles. The number of esters is 1. The van der Waals surface area contributed by atoms with Crippen molar-refractivity contribution < 1.29 is 24.2 Å². The lowest BCUT2D eigenvalue weighted by molar-refractivity contribution is -0.154. The first-order chi connectivity index (χ1) is 14.3. The highest BCUT2D eigenvalue weighted by molar-refractivity contribution is 8.02. The third-order valence-electron chi connectivity index (χ3n) is 6.84. The number of ether oxygens (including phenoxy) is 1. The minimum Gasteiger partial charge on any atom is -0.466 e. The molecular formula is C22H34N2O5S. The Bertz CT molecular complexity index is 710. The molecule has 2 unspecified atom stereocenters. The fraction of sp³-hybridized carbons (Fsp3) is 0.773. The number of carbonyl (C=O) groups excluding carboxylic acids is 3. The Kier molecular flexibility index (Phi) is 6.87. The maximum Gasteiger partial charge on any atom is 0.310 e. The maximum atomic E-state index is 13.9. The van der Waals surface area contributed by atoms with Gasteiger partial charge in [-0.05, 0) is 40.0 Å². The van der Waals surface area contributed by atoms with Crippen LogP contribution in [-0.4, -0.2) is 80.6 Å². The molecule has 6 atom stereocenters. The molecule has 3 saturated heterocycles. The van der Waals surface area contributed by atoms with Crippen LogP contribution in [0.5, 0.6) is 0 Å². The van der Waals surface area contributed by atoms with Gasteiger partial charge in [0, 0.05) is 17.8 Å². The van der Waals surface area contributed by atoms with Crippen LogP contribution < -0.4 is 0 Å². The number of aliphatic hydroxyl groups is 1. The molecule has 1 N–H and O–H groups in total. The first-order valence-electron chi connectivity index (χ1n) is 11.0. The summed E-state index contributed by atoms with van der Waals surface area (Å²) in [4.78, 5) is 43.7. The zero-order valence-corrected chi connectivity index (χ0v) is 19.2. The number of hydrogen-bond donors (Lipinski definition) is 1. The van der Waals surface area contributed by atoms with Gasteiger partial charge in [-0.15, -0.1) is 18.3 Å². The van der Waals surface area contributed by atoms with E-state index >= 15 is 0 Å². The van der Waals surface area contributed by atoms with Crippen molar-refractivity contribution in [3.8, 4) is 0 Å². The van der Waals surface area contributed by atoms with Crippen LogP contribution in [0.4, 0.5) is 0 Å². The van der Waals surface area contributed by atoms with Gasteiger partial charge in [-0.2, -0.15) is 0 Å². The monoisotopic (exact) mass is 438 g/mol. The van der Waals surface area contributed by atoms with Crippen molar-refractivity contribution in [2.75, 3.05) is 19.8 Å². The Hall–Kier alpha value is -1.54. The van der Waals surface area contributed by atoms with Crippen LogP contribution in [0.15, 0.2) is 12.7 Å². The fourth-order valence-electron chi connectivity index (χ4n) is 5.54. The number of thioether (sulfide) groups is 1. The van der Waals surface area contributed by atoms with Crippen LogP contribution in [0.1, 0.15) is 47.0 Å². The highest BCUT2D eigenvalue weighted by Crippen LogP contribution is 2.67. The van der Waals surface area contributed by atoms with E-state index in [-0.39, 0.29) is 42.3 Å². The molecule has 0 radical (unpaired) electrons. The van der Waals surface area contributed by atoms with Crippen molar-refractivity contribution in [3.63, 3.8) is 0 Å². The van der Waals surface area contributed by atoms with Gasteiger partial charge in [0.25, 0.3) is 0 Å². The molecule has 2 amide bonds. The zero-order valence-electron chi connectivity index (χ0n) is 18.4. The Morgan fingerprint density at radius 3 is 2.67 bits per heavy atom. The topological polar surface area (TPSA) is 87.2 Å². The van der Waals surface area contributed by atoms with Gasteiger partial charge in [0.15, 0.2) is 0 Å².